The van der Waals surface area contributed by atoms with Crippen molar-refractivity contribution >= 4 is 23.2 Å². The Morgan fingerprint density at radius 1 is 1.03 bits per heavy atom. The Bertz CT molecular complexity index is 1440. The molecule has 2 aliphatic heterocycles. The van der Waals surface area contributed by atoms with Gasteiger partial charge in [0.15, 0.2) is 0 Å². The molecule has 2 aliphatic rings. The minimum atomic E-state index is 0.0551. The van der Waals surface area contributed by atoms with Crippen molar-refractivity contribution in [3.8, 4) is 22.4 Å². The smallest absolute Gasteiger partial charge is 0.254 e. The van der Waals surface area contributed by atoms with E-state index in [4.69, 9.17) is 16.6 Å². The van der Waals surface area contributed by atoms with Crippen LogP contribution in [0.15, 0.2) is 48.8 Å². The van der Waals surface area contributed by atoms with Crippen LogP contribution >= 0.6 is 11.6 Å². The summed E-state index contributed by atoms with van der Waals surface area (Å²) in [7, 11) is 1.92. The number of pyridine rings is 1. The number of halogens is 1. The molecule has 3 aromatic heterocycles. The van der Waals surface area contributed by atoms with E-state index >= 15 is 0 Å². The highest BCUT2D eigenvalue weighted by Crippen LogP contribution is 2.37. The Morgan fingerprint density at radius 2 is 1.76 bits per heavy atom. The molecule has 0 unspecified atom stereocenters. The van der Waals surface area contributed by atoms with Crippen LogP contribution < -0.4 is 5.32 Å². The number of benzene rings is 1. The predicted octanol–water partition coefficient (Wildman–Crippen LogP) is 3.87. The van der Waals surface area contributed by atoms with Gasteiger partial charge in [0.2, 0.25) is 0 Å². The van der Waals surface area contributed by atoms with Crippen LogP contribution in [0.1, 0.15) is 28.9 Å². The molecule has 9 heteroatoms. The van der Waals surface area contributed by atoms with Gasteiger partial charge in [0.1, 0.15) is 16.5 Å². The quantitative estimate of drug-likeness (QED) is 0.445. The molecule has 2 saturated heterocycles. The van der Waals surface area contributed by atoms with Gasteiger partial charge in [-0.1, -0.05) is 35.9 Å². The Labute approximate surface area is 221 Å². The average Bonchev–Trinajstić information content (AvgIpc) is 3.45. The monoisotopic (exact) mass is 517 g/mol. The van der Waals surface area contributed by atoms with E-state index in [0.29, 0.717) is 28.1 Å². The van der Waals surface area contributed by atoms with E-state index in [0.717, 1.165) is 61.7 Å². The van der Waals surface area contributed by atoms with Crippen molar-refractivity contribution in [1.29, 1.82) is 0 Å². The lowest BCUT2D eigenvalue weighted by Crippen LogP contribution is -2.53. The zero-order valence-electron chi connectivity index (χ0n) is 21.3. The molecule has 37 heavy (non-hydrogen) atoms. The number of carbonyl (C=O) groups excluding carboxylic acids is 1. The number of fused-ring (bicyclic) bond motifs is 1. The summed E-state index contributed by atoms with van der Waals surface area (Å²) in [6.07, 6.45) is 6.25. The minimum absolute atomic E-state index is 0.0551. The molecule has 192 valence electrons. The molecule has 0 bridgehead atoms. The van der Waals surface area contributed by atoms with Gasteiger partial charge in [-0.05, 0) is 50.6 Å². The molecular weight excluding hydrogens is 486 g/mol. The highest BCUT2D eigenvalue weighted by atomic mass is 35.5. The van der Waals surface area contributed by atoms with E-state index in [1.807, 2.05) is 70.7 Å². The third-order valence-electron chi connectivity index (χ3n) is 7.73. The molecule has 6 rings (SSSR count). The number of imidazole rings is 1. The number of aromatic nitrogens is 4. The first-order chi connectivity index (χ1) is 18.0. The lowest BCUT2D eigenvalue weighted by Gasteiger charge is -2.40. The number of nitrogens with zero attached hydrogens (tertiary/aromatic N) is 6. The van der Waals surface area contributed by atoms with Crippen LogP contribution in [-0.4, -0.2) is 80.2 Å². The highest BCUT2D eigenvalue weighted by Gasteiger charge is 2.28. The van der Waals surface area contributed by atoms with E-state index < -0.39 is 0 Å². The zero-order chi connectivity index (χ0) is 25.5. The summed E-state index contributed by atoms with van der Waals surface area (Å²) < 4.78 is 3.66. The second-order valence-electron chi connectivity index (χ2n) is 10.1. The maximum atomic E-state index is 13.4. The van der Waals surface area contributed by atoms with Crippen LogP contribution in [0.4, 0.5) is 0 Å². The van der Waals surface area contributed by atoms with Crippen LogP contribution in [0.3, 0.4) is 0 Å². The largest absolute Gasteiger partial charge is 0.336 e. The van der Waals surface area contributed by atoms with Gasteiger partial charge in [0, 0.05) is 68.4 Å². The average molecular weight is 518 g/mol. The summed E-state index contributed by atoms with van der Waals surface area (Å²) in [4.78, 5) is 22.8. The van der Waals surface area contributed by atoms with Gasteiger partial charge in [0.05, 0.1) is 5.69 Å². The molecule has 0 aliphatic carbocycles. The summed E-state index contributed by atoms with van der Waals surface area (Å²) in [6, 6.07) is 12.4. The van der Waals surface area contributed by atoms with E-state index in [1.54, 1.807) is 0 Å². The van der Waals surface area contributed by atoms with Crippen LogP contribution in [0.5, 0.6) is 0 Å². The molecule has 0 saturated carbocycles. The number of amides is 1. The summed E-state index contributed by atoms with van der Waals surface area (Å²) >= 11 is 6.84. The fourth-order valence-electron chi connectivity index (χ4n) is 5.75. The number of piperidine rings is 1. The van der Waals surface area contributed by atoms with Crippen molar-refractivity contribution in [3.63, 3.8) is 0 Å². The lowest BCUT2D eigenvalue weighted by molar-refractivity contribution is 0.0532. The van der Waals surface area contributed by atoms with Crippen molar-refractivity contribution in [3.05, 3.63) is 65.2 Å². The van der Waals surface area contributed by atoms with Crippen molar-refractivity contribution in [2.24, 2.45) is 7.05 Å². The van der Waals surface area contributed by atoms with Crippen LogP contribution in [-0.2, 0) is 7.05 Å². The van der Waals surface area contributed by atoms with E-state index in [9.17, 15) is 4.79 Å². The summed E-state index contributed by atoms with van der Waals surface area (Å²) in [5, 5.41) is 8.47. The second-order valence-corrected chi connectivity index (χ2v) is 10.4. The van der Waals surface area contributed by atoms with Gasteiger partial charge in [-0.3, -0.25) is 18.8 Å². The third-order valence-corrected chi connectivity index (χ3v) is 8.09. The number of piperazine rings is 1. The minimum Gasteiger partial charge on any atom is -0.336 e. The fourth-order valence-corrected chi connectivity index (χ4v) is 6.04. The third kappa shape index (κ3) is 4.54. The van der Waals surface area contributed by atoms with Gasteiger partial charge in [-0.2, -0.15) is 5.10 Å². The topological polar surface area (TPSA) is 70.7 Å². The molecule has 1 aromatic carbocycles. The molecule has 2 fully saturated rings. The Balaban J connectivity index is 1.26. The van der Waals surface area contributed by atoms with Crippen LogP contribution in [0.2, 0.25) is 5.15 Å². The molecule has 1 amide bonds. The number of carbonyl (C=O) groups is 1. The summed E-state index contributed by atoms with van der Waals surface area (Å²) in [6.45, 7) is 7.56. The predicted molar refractivity (Wildman–Crippen MR) is 146 cm³/mol. The normalized spacial score (nSPS) is 17.5. The first kappa shape index (κ1) is 24.2. The van der Waals surface area contributed by atoms with Crippen LogP contribution in [0, 0.1) is 6.92 Å². The Kier molecular flexibility index (Phi) is 6.48. The number of aryl methyl sites for hydroxylation is 2. The van der Waals surface area contributed by atoms with Gasteiger partial charge < -0.3 is 10.2 Å². The molecule has 4 aromatic rings. The molecule has 1 N–H and O–H groups in total. The standard InChI is InChI=1S/C28H32ClN7O/c1-19-24(18-33(2)32-19)22-5-3-4-6-23(22)26-27(29)36-12-9-20(17-25(36)31-26)28(37)35-15-13-34(14-16-35)21-7-10-30-11-8-21/h3-6,9,12,17-18,21,30H,7-8,10-11,13-16H2,1-2H3. The van der Waals surface area contributed by atoms with E-state index in [2.05, 4.69) is 21.4 Å². The maximum absolute atomic E-state index is 13.4. The lowest BCUT2D eigenvalue weighted by atomic mass is 9.99. The second kappa shape index (κ2) is 9.93. The number of hydrogen-bond donors (Lipinski definition) is 1. The number of nitrogens with one attached hydrogen (secondary N) is 1. The number of rotatable bonds is 4. The van der Waals surface area contributed by atoms with E-state index in [-0.39, 0.29) is 5.91 Å². The van der Waals surface area contributed by atoms with Crippen molar-refractivity contribution in [2.75, 3.05) is 39.3 Å². The van der Waals surface area contributed by atoms with Gasteiger partial charge >= 0.3 is 0 Å². The van der Waals surface area contributed by atoms with Crippen LogP contribution in [0.25, 0.3) is 28.0 Å². The molecule has 0 atom stereocenters. The van der Waals surface area contributed by atoms with Gasteiger partial charge in [-0.25, -0.2) is 4.98 Å². The van der Waals surface area contributed by atoms with Gasteiger partial charge in [0.25, 0.3) is 5.91 Å². The molecule has 0 spiro atoms. The zero-order valence-corrected chi connectivity index (χ0v) is 22.1. The highest BCUT2D eigenvalue weighted by molar-refractivity contribution is 6.32. The van der Waals surface area contributed by atoms with Gasteiger partial charge in [-0.15, -0.1) is 0 Å². The van der Waals surface area contributed by atoms with Crippen molar-refractivity contribution in [2.45, 2.75) is 25.8 Å². The SMILES string of the molecule is Cc1nn(C)cc1-c1ccccc1-c1nc2cc(C(=O)N3CCN(C4CCNCC4)CC3)ccn2c1Cl. The Morgan fingerprint density at radius 3 is 2.46 bits per heavy atom. The first-order valence-electron chi connectivity index (χ1n) is 13.0. The summed E-state index contributed by atoms with van der Waals surface area (Å²) in [5.41, 5.74) is 5.97. The Hall–Kier alpha value is -3.20. The summed E-state index contributed by atoms with van der Waals surface area (Å²) in [5.74, 6) is 0.0551. The molecule has 5 heterocycles. The molecular formula is C28H32ClN7O. The van der Waals surface area contributed by atoms with E-state index in [1.165, 1.54) is 12.8 Å². The molecule has 8 nitrogen and oxygen atoms in total. The first-order valence-corrected chi connectivity index (χ1v) is 13.4. The fraction of sp³-hybridized carbons (Fsp3) is 0.393. The van der Waals surface area contributed by atoms with Crippen molar-refractivity contribution in [1.82, 2.24) is 34.3 Å². The molecule has 0 radical (unpaired) electrons. The maximum Gasteiger partial charge on any atom is 0.254 e. The number of hydrogen-bond acceptors (Lipinski definition) is 5. The van der Waals surface area contributed by atoms with Crippen molar-refractivity contribution < 1.29 is 4.79 Å².